The van der Waals surface area contributed by atoms with Gasteiger partial charge in [0.2, 0.25) is 0 Å². The van der Waals surface area contributed by atoms with Crippen molar-refractivity contribution < 1.29 is 0 Å². The van der Waals surface area contributed by atoms with Crippen LogP contribution in [0.2, 0.25) is 0 Å². The third kappa shape index (κ3) is 8.16. The van der Waals surface area contributed by atoms with Gasteiger partial charge in [-0.1, -0.05) is 77.9 Å². The molecule has 236 valence electrons. The molecular weight excluding hydrogens is 522 g/mol. The van der Waals surface area contributed by atoms with Gasteiger partial charge >= 0.3 is 0 Å². The number of nitrogens with zero attached hydrogens (tertiary/aromatic N) is 3. The summed E-state index contributed by atoms with van der Waals surface area (Å²) < 4.78 is 0. The molecule has 0 amide bonds. The molecule has 3 rings (SSSR count). The summed E-state index contributed by atoms with van der Waals surface area (Å²) in [6.07, 6.45) is 6.86. The second-order valence-electron chi connectivity index (χ2n) is 12.4. The van der Waals surface area contributed by atoms with Gasteiger partial charge in [-0.2, -0.15) is 0 Å². The van der Waals surface area contributed by atoms with Gasteiger partial charge in [0, 0.05) is 62.2 Å². The summed E-state index contributed by atoms with van der Waals surface area (Å²) in [5.74, 6) is 0.132. The van der Waals surface area contributed by atoms with Crippen LogP contribution in [0.4, 0.5) is 17.1 Å². The molecule has 43 heavy (non-hydrogen) atoms. The predicted molar refractivity (Wildman–Crippen MR) is 193 cm³/mol. The molecule has 0 unspecified atom stereocenters. The third-order valence-electron chi connectivity index (χ3n) is 8.75. The molecule has 3 aromatic rings. The fourth-order valence-electron chi connectivity index (χ4n) is 7.06. The molecule has 3 nitrogen and oxygen atoms in total. The summed E-state index contributed by atoms with van der Waals surface area (Å²) in [7, 11) is 0. The Morgan fingerprint density at radius 2 is 0.628 bits per heavy atom. The van der Waals surface area contributed by atoms with Crippen LogP contribution in [-0.4, -0.2) is 39.3 Å². The van der Waals surface area contributed by atoms with Crippen LogP contribution in [-0.2, 0) is 0 Å². The lowest BCUT2D eigenvalue weighted by Crippen LogP contribution is -2.31. The Kier molecular flexibility index (Phi) is 14.0. The molecule has 0 aliphatic carbocycles. The van der Waals surface area contributed by atoms with Crippen LogP contribution >= 0.6 is 0 Å². The lowest BCUT2D eigenvalue weighted by atomic mass is 9.76. The van der Waals surface area contributed by atoms with E-state index in [1.54, 1.807) is 0 Å². The van der Waals surface area contributed by atoms with Crippen LogP contribution in [0.15, 0.2) is 54.6 Å². The van der Waals surface area contributed by atoms with Crippen molar-refractivity contribution in [3.05, 3.63) is 88.0 Å². The van der Waals surface area contributed by atoms with Crippen LogP contribution in [0.5, 0.6) is 0 Å². The molecule has 0 radical (unpaired) electrons. The summed E-state index contributed by atoms with van der Waals surface area (Å²) in [5, 5.41) is 0. The third-order valence-corrected chi connectivity index (χ3v) is 8.75. The van der Waals surface area contributed by atoms with Gasteiger partial charge in [-0.05, 0) is 111 Å². The van der Waals surface area contributed by atoms with E-state index < -0.39 is 0 Å². The normalized spacial score (nSPS) is 11.3. The first-order valence-corrected chi connectivity index (χ1v) is 17.4. The van der Waals surface area contributed by atoms with Crippen molar-refractivity contribution in [2.45, 2.75) is 107 Å². The topological polar surface area (TPSA) is 9.72 Å². The number of aryl methyl sites for hydroxylation is 3. The van der Waals surface area contributed by atoms with Crippen molar-refractivity contribution in [1.82, 2.24) is 0 Å². The van der Waals surface area contributed by atoms with Crippen LogP contribution in [0.3, 0.4) is 0 Å². The van der Waals surface area contributed by atoms with Gasteiger partial charge < -0.3 is 14.7 Å². The van der Waals surface area contributed by atoms with Gasteiger partial charge in [0.25, 0.3) is 0 Å². The van der Waals surface area contributed by atoms with E-state index in [2.05, 4.69) is 132 Å². The van der Waals surface area contributed by atoms with Crippen LogP contribution < -0.4 is 14.7 Å². The van der Waals surface area contributed by atoms with Gasteiger partial charge in [-0.3, -0.25) is 0 Å². The van der Waals surface area contributed by atoms with Crippen molar-refractivity contribution in [1.29, 1.82) is 0 Å². The number of hydrogen-bond donors (Lipinski definition) is 0. The fraction of sp³-hybridized carbons (Fsp3) is 0.550. The van der Waals surface area contributed by atoms with Gasteiger partial charge in [0.05, 0.1) is 0 Å². The van der Waals surface area contributed by atoms with E-state index in [0.29, 0.717) is 0 Å². The van der Waals surface area contributed by atoms with Crippen LogP contribution in [0, 0.1) is 20.8 Å². The van der Waals surface area contributed by atoms with Gasteiger partial charge in [0.1, 0.15) is 0 Å². The van der Waals surface area contributed by atoms with Gasteiger partial charge in [-0.25, -0.2) is 0 Å². The molecule has 0 saturated heterocycles. The molecule has 3 aromatic carbocycles. The highest BCUT2D eigenvalue weighted by atomic mass is 15.1. The molecule has 0 N–H and O–H groups in total. The Hall–Kier alpha value is -2.94. The van der Waals surface area contributed by atoms with Crippen LogP contribution in [0.25, 0.3) is 0 Å². The van der Waals surface area contributed by atoms with E-state index in [9.17, 15) is 0 Å². The monoisotopic (exact) mass is 583 g/mol. The van der Waals surface area contributed by atoms with E-state index >= 15 is 0 Å². The van der Waals surface area contributed by atoms with E-state index in [4.69, 9.17) is 0 Å². The molecule has 3 heteroatoms. The van der Waals surface area contributed by atoms with Crippen LogP contribution in [0.1, 0.15) is 119 Å². The van der Waals surface area contributed by atoms with Crippen molar-refractivity contribution in [3.8, 4) is 0 Å². The van der Waals surface area contributed by atoms with Crippen molar-refractivity contribution in [2.75, 3.05) is 54.0 Å². The molecule has 0 bridgehead atoms. The highest BCUT2D eigenvalue weighted by Gasteiger charge is 2.32. The maximum Gasteiger partial charge on any atom is 0.0411 e. The fourth-order valence-corrected chi connectivity index (χ4v) is 7.06. The van der Waals surface area contributed by atoms with Crippen molar-refractivity contribution >= 4 is 17.1 Å². The first kappa shape index (κ1) is 34.5. The molecule has 0 aliphatic rings. The molecule has 0 spiro atoms. The molecule has 0 aromatic heterocycles. The molecular formula is C40H61N3. The quantitative estimate of drug-likeness (QED) is 0.138. The summed E-state index contributed by atoms with van der Waals surface area (Å²) in [6, 6.07) is 21.1. The molecule has 0 atom stereocenters. The SMILES string of the molecule is CCCN(CCC)c1cccc(C)c1C(c1c(C)cccc1N(CCC)CCC)c1c(C)cccc1N(CCC)CCC. The Balaban J connectivity index is 2.54. The lowest BCUT2D eigenvalue weighted by Gasteiger charge is -2.37. The van der Waals surface area contributed by atoms with Crippen molar-refractivity contribution in [2.24, 2.45) is 0 Å². The summed E-state index contributed by atoms with van der Waals surface area (Å²) in [4.78, 5) is 7.99. The average molecular weight is 584 g/mol. The number of benzene rings is 3. The Morgan fingerprint density at radius 3 is 0.837 bits per heavy atom. The molecule has 0 heterocycles. The van der Waals surface area contributed by atoms with Crippen molar-refractivity contribution in [3.63, 3.8) is 0 Å². The first-order chi connectivity index (χ1) is 20.9. The largest absolute Gasteiger partial charge is 0.371 e. The number of hydrogen-bond acceptors (Lipinski definition) is 3. The zero-order chi connectivity index (χ0) is 31.4. The summed E-state index contributed by atoms with van der Waals surface area (Å²) in [5.41, 5.74) is 12.8. The molecule has 0 fully saturated rings. The smallest absolute Gasteiger partial charge is 0.0411 e. The zero-order valence-electron chi connectivity index (χ0n) is 29.1. The predicted octanol–water partition coefficient (Wildman–Crippen LogP) is 10.7. The standard InChI is InChI=1S/C40H61N3/c1-10-25-41(26-11-2)34-22-16-19-31(7)37(34)40(38-32(8)20-17-23-35(38)42(27-12-3)28-13-4)39-33(9)21-18-24-36(39)43(29-14-5)30-15-6/h16-24,40H,10-15,25-30H2,1-9H3. The highest BCUT2D eigenvalue weighted by molar-refractivity contribution is 5.74. The van der Waals surface area contributed by atoms with Gasteiger partial charge in [-0.15, -0.1) is 0 Å². The van der Waals surface area contributed by atoms with E-state index in [1.165, 1.54) is 50.4 Å². The number of anilines is 3. The number of rotatable bonds is 18. The summed E-state index contributed by atoms with van der Waals surface area (Å²) in [6.45, 7) is 27.4. The maximum absolute atomic E-state index is 2.66. The molecule has 0 aliphatic heterocycles. The first-order valence-electron chi connectivity index (χ1n) is 17.4. The summed E-state index contributed by atoms with van der Waals surface area (Å²) >= 11 is 0. The Labute approximate surface area is 265 Å². The van der Waals surface area contributed by atoms with E-state index in [0.717, 1.165) is 77.8 Å². The minimum absolute atomic E-state index is 0.132. The average Bonchev–Trinajstić information content (AvgIpc) is 2.99. The molecule has 0 saturated carbocycles. The Morgan fingerprint density at radius 1 is 0.395 bits per heavy atom. The zero-order valence-corrected chi connectivity index (χ0v) is 29.1. The van der Waals surface area contributed by atoms with E-state index in [1.807, 2.05) is 0 Å². The minimum Gasteiger partial charge on any atom is -0.371 e. The van der Waals surface area contributed by atoms with E-state index in [-0.39, 0.29) is 5.92 Å². The second-order valence-corrected chi connectivity index (χ2v) is 12.4. The minimum atomic E-state index is 0.132. The lowest BCUT2D eigenvalue weighted by molar-refractivity contribution is 0.722. The Bertz CT molecular complexity index is 1090. The van der Waals surface area contributed by atoms with Gasteiger partial charge in [0.15, 0.2) is 0 Å². The maximum atomic E-state index is 2.66. The highest BCUT2D eigenvalue weighted by Crippen LogP contribution is 2.48. The second kappa shape index (κ2) is 17.4.